The minimum Gasteiger partial charge on any atom is -0.183 e. The van der Waals surface area contributed by atoms with Crippen LogP contribution in [-0.2, 0) is 0 Å². The smallest absolute Gasteiger partial charge is 0.0897 e. The summed E-state index contributed by atoms with van der Waals surface area (Å²) >= 11 is 1.81. The van der Waals surface area contributed by atoms with E-state index >= 15 is 0 Å². The van der Waals surface area contributed by atoms with E-state index in [4.69, 9.17) is 5.53 Å². The van der Waals surface area contributed by atoms with Gasteiger partial charge in [-0.25, -0.2) is 0 Å². The molecule has 0 aliphatic carbocycles. The van der Waals surface area contributed by atoms with Crippen LogP contribution in [0.25, 0.3) is 0 Å². The quantitative estimate of drug-likeness (QED) is 0.0257. The van der Waals surface area contributed by atoms with Gasteiger partial charge in [-0.3, -0.25) is 0 Å². The Morgan fingerprint density at radius 3 is 0.148 bits per heavy atom. The fraction of sp³-hybridized carbons (Fsp3) is 0. The van der Waals surface area contributed by atoms with Crippen LogP contribution >= 0.6 is 22.6 Å². The van der Waals surface area contributed by atoms with Gasteiger partial charge < -0.3 is 0 Å². The average molecular weight is 2200 g/mol. The predicted octanol–water partition coefficient (Wildman–Crippen LogP) is 27.8. The summed E-state index contributed by atoms with van der Waals surface area (Å²) in [6.45, 7) is 0. The molecule has 0 rings (SSSR count). The van der Waals surface area contributed by atoms with E-state index in [2.05, 4.69) is 762 Å². The molecule has 0 spiro atoms. The second kappa shape index (κ2) is 119. The van der Waals surface area contributed by atoms with Crippen molar-refractivity contribution >= 4 is 26.8 Å². The first kappa shape index (κ1) is 120. The highest BCUT2D eigenvalue weighted by Gasteiger charge is 1.85. The van der Waals surface area contributed by atoms with Gasteiger partial charge in [-0.05, 0) is 106 Å². The van der Waals surface area contributed by atoms with Crippen LogP contribution in [0.1, 0.15) is 0 Å². The molecule has 0 fully saturated rings. The van der Waals surface area contributed by atoms with Crippen molar-refractivity contribution in [2.24, 2.45) is 762 Å². The molecule has 0 aromatic heterocycles. The molecule has 0 saturated heterocycles. The monoisotopic (exact) mass is 2200 g/mol. The van der Waals surface area contributed by atoms with Crippen LogP contribution in [0.5, 0.6) is 0 Å². The minimum atomic E-state index is 1.33. The van der Waals surface area contributed by atoms with Crippen molar-refractivity contribution in [2.45, 2.75) is 0 Å². The maximum atomic E-state index is 6.28. The highest BCUT2D eigenvalue weighted by Crippen LogP contribution is 2.03. The van der Waals surface area contributed by atoms with E-state index in [1.54, 1.807) is 0 Å². The molecule has 149 heavy (non-hydrogen) atoms. The minimum absolute atomic E-state index is 1.33. The second-order valence-electron chi connectivity index (χ2n) is 13.2. The van der Waals surface area contributed by atoms with Crippen LogP contribution in [0.15, 0.2) is 762 Å². The van der Waals surface area contributed by atoms with E-state index in [0.717, 1.165) is 0 Å². The Bertz CT molecular complexity index is 5330. The Balaban J connectivity index is 4.14. The first-order valence-corrected chi connectivity index (χ1v) is 30.9. The number of rotatable bonds is 73. The van der Waals surface area contributed by atoms with Gasteiger partial charge in [0.05, 0.1) is 4.22 Å². The Kier molecular flexibility index (Phi) is 96.2. The van der Waals surface area contributed by atoms with Crippen molar-refractivity contribution < 1.29 is 0 Å². The summed E-state index contributed by atoms with van der Waals surface area (Å²) in [5.41, 5.74) is 6.28. The van der Waals surface area contributed by atoms with E-state index in [0.29, 0.717) is 0 Å². The fourth-order valence-corrected chi connectivity index (χ4v) is 2.71. The molecule has 1 N–H and O–H groups in total. The summed E-state index contributed by atoms with van der Waals surface area (Å²) in [7, 11) is 0. The number of hydrogen-bond acceptors (Lipinski definition) is 2. The Morgan fingerprint density at radius 2 is 0.107 bits per heavy atom. The molecule has 0 saturated carbocycles. The van der Waals surface area contributed by atoms with Crippen molar-refractivity contribution in [3.05, 3.63) is 0 Å². The molecule has 0 aliphatic heterocycles. The van der Waals surface area contributed by atoms with Crippen LogP contribution in [0.3, 0.4) is 0 Å². The van der Waals surface area contributed by atoms with E-state index in [9.17, 15) is 0 Å². The molecule has 0 atom stereocenters. The molecule has 0 bridgehead atoms. The molecule has 748 valence electrons. The van der Waals surface area contributed by atoms with Gasteiger partial charge in [-0.1, -0.05) is 0 Å². The number of hydrogen-bond donors (Lipinski definition) is 1. The summed E-state index contributed by atoms with van der Waals surface area (Å²) < 4.78 is 1.33. The van der Waals surface area contributed by atoms with Gasteiger partial charge >= 0.3 is 0 Å². The molecule has 0 amide bonds. The maximum absolute atomic E-state index is 6.28. The first-order chi connectivity index (χ1) is 74.4. The summed E-state index contributed by atoms with van der Waals surface area (Å²) in [6, 6.07) is 0. The summed E-state index contributed by atoms with van der Waals surface area (Å²) in [6.07, 6.45) is 0. The van der Waals surface area contributed by atoms with Crippen LogP contribution in [0.2, 0.25) is 0 Å². The third-order valence-electron chi connectivity index (χ3n) is 5.86. The topological polar surface area (TPSA) is 1830 Å². The maximum Gasteiger partial charge on any atom is 0.0897 e. The van der Waals surface area contributed by atoms with Gasteiger partial charge in [0.1, 0.15) is 0 Å². The lowest BCUT2D eigenvalue weighted by Gasteiger charge is -1.71. The lowest BCUT2D eigenvalue weighted by Crippen LogP contribution is -1.52. The highest BCUT2D eigenvalue weighted by atomic mass is 127. The van der Waals surface area contributed by atoms with Gasteiger partial charge in [0.15, 0.2) is 0 Å². The predicted molar refractivity (Wildman–Crippen MR) is 377 cm³/mol. The van der Waals surface area contributed by atoms with Crippen LogP contribution in [0, 0.1) is 5.53 Å². The third-order valence-corrected chi connectivity index (χ3v) is 6.11. The Morgan fingerprint density at radius 1 is 0.0671 bits per heavy atom. The Labute approximate surface area is 793 Å². The highest BCUT2D eigenvalue weighted by molar-refractivity contribution is 14.1. The largest absolute Gasteiger partial charge is 0.183 e. The van der Waals surface area contributed by atoms with Crippen LogP contribution in [-0.4, -0.2) is 4.22 Å². The lowest BCUT2D eigenvalue weighted by molar-refractivity contribution is 0.722. The van der Waals surface area contributed by atoms with Crippen molar-refractivity contribution in [1.29, 1.82) is 5.53 Å². The molecule has 0 aromatic carbocycles. The zero-order valence-electron chi connectivity index (χ0n) is 66.7. The van der Waals surface area contributed by atoms with Crippen molar-refractivity contribution in [1.82, 2.24) is 0 Å². The summed E-state index contributed by atoms with van der Waals surface area (Å²) in [4.78, 5) is 0. The van der Waals surface area contributed by atoms with E-state index < -0.39 is 0 Å². The van der Waals surface area contributed by atoms with E-state index in [1.807, 2.05) is 22.6 Å². The van der Waals surface area contributed by atoms with Gasteiger partial charge in [-0.15, -0.1) is 5.10 Å². The molecule has 0 aliphatic rings. The molecule has 0 heterocycles. The van der Waals surface area contributed by atoms with Gasteiger partial charge in [-0.2, -0.15) is 5.53 Å². The lowest BCUT2D eigenvalue weighted by atomic mass is 11.7. The molecular formula is CH2IN147. The third kappa shape index (κ3) is 119. The number of nitrogens with one attached hydrogen (secondary N) is 1. The van der Waals surface area contributed by atoms with Crippen molar-refractivity contribution in [3.8, 4) is 0 Å². The first-order valence-electron chi connectivity index (χ1n) is 29.7. The second-order valence-corrected chi connectivity index (χ2v) is 13.7. The normalized spacial score (nSPS) is 15.8. The molecule has 147 nitrogen and oxygen atoms in total. The van der Waals surface area contributed by atoms with Crippen molar-refractivity contribution in [3.63, 3.8) is 0 Å². The fourth-order valence-electron chi connectivity index (χ4n) is 2.60. The number of halogens is 1. The summed E-state index contributed by atoms with van der Waals surface area (Å²) in [5, 5.41) is 438. The Hall–Kier alpha value is -28.8. The standard InChI is InChI=1S/CH2IN147/c2-1-4-6-8-10-12-14-16-18-20-22-24-26-28-30-32-34-36-38-40-42-44-46-48-50-52-54-56-58-60-62-64-66-68-70-72-74-76-78-80-82-84-86-88-90-92-94-96-98-100-102-104-106-108-110-112-114-116-118-120-122-124-126-128-130-132-134-136-138-140-142-144-146-148-149-147-145-143-141-139-137-135-133-131-129-127-125-123-121-119-117-115-113-111-109-107-105-103-101-99-97-95-93-91-89-87-85-83-81-79-77-75-73-71-69-67-65-63-61-59-57-55-53-51-49-47-45-43-41-39-37-35-33-31-29-27-25-23-21-19-17-15-13-11-9-7-5-3/h1,3H. The average Bonchev–Trinajstić information content (AvgIpc) is 1.08. The van der Waals surface area contributed by atoms with E-state index in [-0.39, 0.29) is 0 Å². The van der Waals surface area contributed by atoms with Crippen molar-refractivity contribution in [2.75, 3.05) is 0 Å². The SMILES string of the molecule is N=NN=NN=NN=NN=NN=NN=NN=NN=NN=NN=NN=NN=NN=NN=NN=NN=NN=NN=NN=NN=NN=NN=NN=NN=NN=NN=NN=NN=NN=NN=NN=NN=NN=NN=NN=NN=NN=NN=NN=NN=NN=NN=NN=NN=NN=NN=NN=NN=NN=NN=NN=NN=NN=NN=NN=NN=NN=NN=NN=NN=NN=NN=NN=NN=NN=NN=NN=NN=NN=NN=NN=NN=NN=CI. The molecule has 0 radical (unpaired) electrons. The van der Waals surface area contributed by atoms with Crippen LogP contribution < -0.4 is 0 Å². The van der Waals surface area contributed by atoms with Crippen LogP contribution in [0.4, 0.5) is 0 Å². The van der Waals surface area contributed by atoms with Gasteiger partial charge in [0.25, 0.3) is 0 Å². The van der Waals surface area contributed by atoms with E-state index in [1.165, 1.54) is 4.22 Å². The van der Waals surface area contributed by atoms with Gasteiger partial charge in [0, 0.05) is 674 Å². The molecular weight excluding hydrogens is 2200 g/mol. The summed E-state index contributed by atoms with van der Waals surface area (Å²) in [5.74, 6) is 0. The molecule has 0 aromatic rings. The van der Waals surface area contributed by atoms with Gasteiger partial charge in [0.2, 0.25) is 0 Å². The zero-order chi connectivity index (χ0) is 106. The number of nitrogens with zero attached hydrogens (tertiary/aromatic N) is 146. The zero-order valence-corrected chi connectivity index (χ0v) is 68.9. The molecule has 0 unspecified atom stereocenters. The molecule has 148 heteroatoms.